The van der Waals surface area contributed by atoms with Gasteiger partial charge in [-0.05, 0) is 37.1 Å². The van der Waals surface area contributed by atoms with Crippen LogP contribution in [0.2, 0.25) is 0 Å². The average molecular weight is 522 g/mol. The van der Waals surface area contributed by atoms with Gasteiger partial charge in [0.15, 0.2) is 11.5 Å². The van der Waals surface area contributed by atoms with E-state index in [-0.39, 0.29) is 18.6 Å². The molecule has 4 bridgehead atoms. The lowest BCUT2D eigenvalue weighted by Gasteiger charge is -2.33. The maximum atomic E-state index is 13.0. The second-order valence-electron chi connectivity index (χ2n) is 9.68. The molecule has 1 fully saturated rings. The summed E-state index contributed by atoms with van der Waals surface area (Å²) in [7, 11) is 1.65. The van der Waals surface area contributed by atoms with E-state index in [4.69, 9.17) is 18.9 Å². The highest BCUT2D eigenvalue weighted by Crippen LogP contribution is 2.33. The van der Waals surface area contributed by atoms with Crippen molar-refractivity contribution >= 4 is 5.91 Å². The fraction of sp³-hybridized carbons (Fsp3) is 0.464. The summed E-state index contributed by atoms with van der Waals surface area (Å²) in [6.07, 6.45) is 3.34. The van der Waals surface area contributed by atoms with Gasteiger partial charge < -0.3 is 24.3 Å². The summed E-state index contributed by atoms with van der Waals surface area (Å²) in [5.74, 6) is 1.85. The first kappa shape index (κ1) is 26.0. The number of aryl methyl sites for hydroxylation is 2. The van der Waals surface area contributed by atoms with E-state index in [1.165, 1.54) is 0 Å². The van der Waals surface area contributed by atoms with Gasteiger partial charge in [-0.25, -0.2) is 0 Å². The van der Waals surface area contributed by atoms with E-state index >= 15 is 0 Å². The minimum atomic E-state index is -0.141. The highest BCUT2D eigenvalue weighted by Gasteiger charge is 2.23. The van der Waals surface area contributed by atoms with E-state index in [0.717, 1.165) is 36.3 Å². The summed E-state index contributed by atoms with van der Waals surface area (Å²) < 4.78 is 25.7. The molecule has 2 unspecified atom stereocenters. The van der Waals surface area contributed by atoms with E-state index < -0.39 is 0 Å². The van der Waals surface area contributed by atoms with Crippen molar-refractivity contribution < 1.29 is 23.7 Å². The number of carbonyl (C=O) groups excluding carboxylic acids is 1. The highest BCUT2D eigenvalue weighted by atomic mass is 16.5. The molecule has 2 aromatic carbocycles. The lowest BCUT2D eigenvalue weighted by atomic mass is 10.1. The number of rotatable bonds is 1. The molecule has 38 heavy (non-hydrogen) atoms. The van der Waals surface area contributed by atoms with Crippen molar-refractivity contribution in [2.75, 3.05) is 40.0 Å². The molecule has 10 heteroatoms. The lowest BCUT2D eigenvalue weighted by Crippen LogP contribution is -2.43. The fourth-order valence-electron chi connectivity index (χ4n) is 4.80. The van der Waals surface area contributed by atoms with Gasteiger partial charge in [-0.2, -0.15) is 0 Å². The molecule has 202 valence electrons. The van der Waals surface area contributed by atoms with Gasteiger partial charge in [0.2, 0.25) is 0 Å². The van der Waals surface area contributed by atoms with Crippen molar-refractivity contribution in [2.24, 2.45) is 0 Å². The number of fused-ring (bicyclic) bond motifs is 6. The number of benzene rings is 2. The number of ether oxygens (including phenoxy) is 4. The van der Waals surface area contributed by atoms with E-state index in [1.54, 1.807) is 11.8 Å². The minimum absolute atomic E-state index is 0.0249. The van der Waals surface area contributed by atoms with Gasteiger partial charge in [0.1, 0.15) is 18.1 Å². The van der Waals surface area contributed by atoms with Gasteiger partial charge >= 0.3 is 0 Å². The number of para-hydroxylation sites is 1. The van der Waals surface area contributed by atoms with Crippen molar-refractivity contribution in [2.45, 2.75) is 45.6 Å². The van der Waals surface area contributed by atoms with Crippen LogP contribution in [0.25, 0.3) is 0 Å². The largest absolute Gasteiger partial charge is 0.493 e. The fourth-order valence-corrected chi connectivity index (χ4v) is 4.80. The third-order valence-electron chi connectivity index (χ3n) is 6.77. The monoisotopic (exact) mass is 521 g/mol. The summed E-state index contributed by atoms with van der Waals surface area (Å²) >= 11 is 0. The number of aromatic nitrogens is 3. The Morgan fingerprint density at radius 3 is 2.95 bits per heavy atom. The van der Waals surface area contributed by atoms with Crippen molar-refractivity contribution in [1.82, 2.24) is 25.2 Å². The molecule has 1 aromatic heterocycles. The first-order valence-corrected chi connectivity index (χ1v) is 13.1. The van der Waals surface area contributed by atoms with Gasteiger partial charge in [-0.3, -0.25) is 14.4 Å². The van der Waals surface area contributed by atoms with Crippen LogP contribution in [0.3, 0.4) is 0 Å². The Kier molecular flexibility index (Phi) is 8.40. The van der Waals surface area contributed by atoms with Gasteiger partial charge in [0.05, 0.1) is 38.2 Å². The number of hydrogen-bond donors (Lipinski definition) is 1. The van der Waals surface area contributed by atoms with Crippen molar-refractivity contribution in [1.29, 1.82) is 0 Å². The average Bonchev–Trinajstić information content (AvgIpc) is 3.37. The van der Waals surface area contributed by atoms with Crippen LogP contribution in [0.5, 0.6) is 17.2 Å². The molecule has 2 atom stereocenters. The van der Waals surface area contributed by atoms with Crippen LogP contribution in [-0.4, -0.2) is 71.9 Å². The Bertz CT molecular complexity index is 1250. The first-order valence-electron chi connectivity index (χ1n) is 13.1. The normalized spacial score (nSPS) is 20.9. The molecule has 3 aromatic rings. The zero-order valence-electron chi connectivity index (χ0n) is 22.0. The summed E-state index contributed by atoms with van der Waals surface area (Å²) in [6.45, 7) is 6.80. The van der Waals surface area contributed by atoms with Gasteiger partial charge in [-0.1, -0.05) is 23.4 Å². The zero-order valence-corrected chi connectivity index (χ0v) is 22.0. The SMILES string of the molecule is COc1cccc2c1OCc1cn(nn1)CCCOc1cc(C)ccc1C(=O)NCCC1CN(CCO1)C2. The summed E-state index contributed by atoms with van der Waals surface area (Å²) in [4.78, 5) is 15.3. The Morgan fingerprint density at radius 1 is 1.13 bits per heavy atom. The van der Waals surface area contributed by atoms with E-state index in [2.05, 4.69) is 26.6 Å². The van der Waals surface area contributed by atoms with Crippen LogP contribution < -0.4 is 19.5 Å². The van der Waals surface area contributed by atoms with E-state index in [9.17, 15) is 4.79 Å². The Balaban J connectivity index is 1.36. The minimum Gasteiger partial charge on any atom is -0.493 e. The molecular weight excluding hydrogens is 486 g/mol. The Morgan fingerprint density at radius 2 is 2.05 bits per heavy atom. The molecule has 10 nitrogen and oxygen atoms in total. The number of morpholine rings is 1. The predicted octanol–water partition coefficient (Wildman–Crippen LogP) is 2.98. The maximum absolute atomic E-state index is 13.0. The summed E-state index contributed by atoms with van der Waals surface area (Å²) in [5, 5.41) is 11.6. The zero-order chi connectivity index (χ0) is 26.3. The number of amides is 1. The molecule has 1 N–H and O–H groups in total. The van der Waals surface area contributed by atoms with E-state index in [0.29, 0.717) is 62.1 Å². The van der Waals surface area contributed by atoms with E-state index in [1.807, 2.05) is 43.5 Å². The number of methoxy groups -OCH3 is 1. The third kappa shape index (κ3) is 6.43. The number of nitrogens with one attached hydrogen (secondary N) is 1. The molecule has 0 spiro atoms. The summed E-state index contributed by atoms with van der Waals surface area (Å²) in [5.41, 5.74) is 3.35. The van der Waals surface area contributed by atoms with Crippen molar-refractivity contribution in [3.63, 3.8) is 0 Å². The predicted molar refractivity (Wildman–Crippen MR) is 141 cm³/mol. The second kappa shape index (κ2) is 12.3. The number of hydrogen-bond acceptors (Lipinski definition) is 8. The molecule has 0 aliphatic carbocycles. The smallest absolute Gasteiger partial charge is 0.255 e. The van der Waals surface area contributed by atoms with Crippen LogP contribution in [-0.2, 0) is 24.4 Å². The van der Waals surface area contributed by atoms with Crippen LogP contribution >= 0.6 is 0 Å². The van der Waals surface area contributed by atoms with Crippen LogP contribution in [0.1, 0.15) is 40.0 Å². The first-order chi connectivity index (χ1) is 18.6. The second-order valence-corrected chi connectivity index (χ2v) is 9.68. The molecule has 2 aliphatic rings. The molecule has 0 radical (unpaired) electrons. The molecule has 3 heterocycles. The highest BCUT2D eigenvalue weighted by molar-refractivity contribution is 5.97. The lowest BCUT2D eigenvalue weighted by molar-refractivity contribution is -0.0344. The molecule has 0 saturated carbocycles. The van der Waals surface area contributed by atoms with Gasteiger partial charge in [0.25, 0.3) is 5.91 Å². The maximum Gasteiger partial charge on any atom is 0.255 e. The Labute approximate surface area is 222 Å². The van der Waals surface area contributed by atoms with Crippen molar-refractivity contribution in [3.8, 4) is 17.2 Å². The number of carbonyl (C=O) groups is 1. The topological polar surface area (TPSA) is 100.0 Å². The quantitative estimate of drug-likeness (QED) is 0.522. The number of nitrogens with zero attached hydrogens (tertiary/aromatic N) is 4. The van der Waals surface area contributed by atoms with Crippen LogP contribution in [0.15, 0.2) is 42.6 Å². The molecular formula is C28H35N5O5. The van der Waals surface area contributed by atoms with Crippen molar-refractivity contribution in [3.05, 3.63) is 65.0 Å². The molecule has 2 aliphatic heterocycles. The standard InChI is InChI=1S/C28H35N5O5/c1-20-7-8-24-26(15-20)37-13-4-11-33-17-22(30-31-33)19-38-27-21(5-3-6-25(27)35-2)16-32-12-14-36-23(18-32)9-10-29-28(24)34/h3,5-8,15,17,23H,4,9-14,16,18-19H2,1-2H3,(H,29,34). The Hall–Kier alpha value is -3.63. The molecule has 1 saturated heterocycles. The summed E-state index contributed by atoms with van der Waals surface area (Å²) in [6, 6.07) is 11.6. The van der Waals surface area contributed by atoms with Crippen LogP contribution in [0.4, 0.5) is 0 Å². The van der Waals surface area contributed by atoms with Gasteiger partial charge in [-0.15, -0.1) is 5.10 Å². The molecule has 1 amide bonds. The van der Waals surface area contributed by atoms with Crippen LogP contribution in [0, 0.1) is 6.92 Å². The van der Waals surface area contributed by atoms with Gasteiger partial charge in [0, 0.05) is 44.7 Å². The molecule has 5 rings (SSSR count). The third-order valence-corrected chi connectivity index (χ3v) is 6.77.